The van der Waals surface area contributed by atoms with Crippen molar-refractivity contribution in [3.63, 3.8) is 0 Å². The van der Waals surface area contributed by atoms with Gasteiger partial charge < -0.3 is 24.3 Å². The molecule has 1 N–H and O–H groups in total. The van der Waals surface area contributed by atoms with Crippen LogP contribution in [0.3, 0.4) is 0 Å². The highest BCUT2D eigenvalue weighted by Gasteiger charge is 2.12. The largest absolute Gasteiger partial charge is 0.462 e. The van der Waals surface area contributed by atoms with E-state index in [9.17, 15) is 19.2 Å². The summed E-state index contributed by atoms with van der Waals surface area (Å²) in [5.41, 5.74) is 0. The van der Waals surface area contributed by atoms with Gasteiger partial charge in [0.25, 0.3) is 0 Å². The van der Waals surface area contributed by atoms with Crippen molar-refractivity contribution >= 4 is 23.8 Å². The Bertz CT molecular complexity index is 449. The Balaban J connectivity index is 3.73. The summed E-state index contributed by atoms with van der Waals surface area (Å²) in [5, 5.41) is 2.32. The summed E-state index contributed by atoms with van der Waals surface area (Å²) in [5.74, 6) is -2.37. The number of rotatable bonds is 12. The van der Waals surface area contributed by atoms with Gasteiger partial charge in [0, 0.05) is 19.1 Å². The molecule has 9 nitrogen and oxygen atoms in total. The zero-order valence-corrected chi connectivity index (χ0v) is 13.9. The Morgan fingerprint density at radius 3 is 2.38 bits per heavy atom. The zero-order chi connectivity index (χ0) is 18.4. The third-order valence-corrected chi connectivity index (χ3v) is 2.44. The molecule has 1 atom stereocenters. The molecule has 0 radical (unpaired) electrons. The van der Waals surface area contributed by atoms with Gasteiger partial charge in [0.2, 0.25) is 5.91 Å². The van der Waals surface area contributed by atoms with Crippen molar-refractivity contribution in [3.05, 3.63) is 12.7 Å². The molecule has 0 rings (SSSR count). The quantitative estimate of drug-likeness (QED) is 0.174. The van der Waals surface area contributed by atoms with E-state index in [2.05, 4.69) is 16.6 Å². The molecular formula is C15H23NO8. The first-order valence-corrected chi connectivity index (χ1v) is 7.41. The summed E-state index contributed by atoms with van der Waals surface area (Å²) in [6, 6.07) is 0. The van der Waals surface area contributed by atoms with Crippen LogP contribution in [0, 0.1) is 0 Å². The van der Waals surface area contributed by atoms with E-state index in [4.69, 9.17) is 14.2 Å². The lowest BCUT2D eigenvalue weighted by molar-refractivity contribution is -0.173. The lowest BCUT2D eigenvalue weighted by atomic mass is 10.3. The molecule has 136 valence electrons. The molecule has 9 heteroatoms. The second kappa shape index (κ2) is 13.1. The fourth-order valence-electron chi connectivity index (χ4n) is 1.40. The van der Waals surface area contributed by atoms with Crippen LogP contribution in [-0.2, 0) is 38.1 Å². The summed E-state index contributed by atoms with van der Waals surface area (Å²) in [6.07, 6.45) is 0.00175. The molecule has 0 aromatic heterocycles. The predicted molar refractivity (Wildman–Crippen MR) is 81.5 cm³/mol. The van der Waals surface area contributed by atoms with Gasteiger partial charge in [-0.2, -0.15) is 0 Å². The maximum Gasteiger partial charge on any atom is 0.330 e. The molecule has 0 fully saturated rings. The minimum Gasteiger partial charge on any atom is -0.462 e. The molecular weight excluding hydrogens is 322 g/mol. The van der Waals surface area contributed by atoms with E-state index in [0.29, 0.717) is 6.61 Å². The number of carbonyl (C=O) groups excluding carboxylic acids is 4. The van der Waals surface area contributed by atoms with Crippen molar-refractivity contribution in [1.29, 1.82) is 0 Å². The van der Waals surface area contributed by atoms with E-state index in [1.54, 1.807) is 13.8 Å². The van der Waals surface area contributed by atoms with Gasteiger partial charge in [-0.15, -0.1) is 0 Å². The average molecular weight is 345 g/mol. The molecule has 0 aliphatic heterocycles. The van der Waals surface area contributed by atoms with Crippen molar-refractivity contribution in [2.75, 3.05) is 26.4 Å². The molecule has 0 aliphatic rings. The van der Waals surface area contributed by atoms with Gasteiger partial charge in [0.1, 0.15) is 19.8 Å². The molecule has 0 saturated heterocycles. The van der Waals surface area contributed by atoms with E-state index in [1.165, 1.54) is 0 Å². The SMILES string of the molecule is C=CC(=O)OCCOC(=O)CCC(=O)NCC(=O)OC(C)OCC. The van der Waals surface area contributed by atoms with Crippen LogP contribution in [0.1, 0.15) is 26.7 Å². The highest BCUT2D eigenvalue weighted by molar-refractivity contribution is 5.84. The summed E-state index contributed by atoms with van der Waals surface area (Å²) < 4.78 is 19.2. The van der Waals surface area contributed by atoms with E-state index in [-0.39, 0.29) is 32.6 Å². The number of amides is 1. The molecule has 24 heavy (non-hydrogen) atoms. The van der Waals surface area contributed by atoms with Crippen LogP contribution >= 0.6 is 0 Å². The molecule has 1 amide bonds. The van der Waals surface area contributed by atoms with E-state index in [0.717, 1.165) is 6.08 Å². The lowest BCUT2D eigenvalue weighted by Gasteiger charge is -2.13. The smallest absolute Gasteiger partial charge is 0.330 e. The highest BCUT2D eigenvalue weighted by atomic mass is 16.7. The van der Waals surface area contributed by atoms with Gasteiger partial charge in [-0.05, 0) is 13.8 Å². The van der Waals surface area contributed by atoms with Crippen LogP contribution < -0.4 is 5.32 Å². The zero-order valence-electron chi connectivity index (χ0n) is 13.9. The van der Waals surface area contributed by atoms with E-state index < -0.39 is 30.1 Å². The molecule has 0 saturated carbocycles. The maximum atomic E-state index is 11.5. The third-order valence-electron chi connectivity index (χ3n) is 2.44. The number of nitrogens with one attached hydrogen (secondary N) is 1. The van der Waals surface area contributed by atoms with Crippen LogP contribution in [0.5, 0.6) is 0 Å². The Kier molecular flexibility index (Phi) is 11.7. The molecule has 0 aromatic rings. The van der Waals surface area contributed by atoms with Crippen molar-refractivity contribution in [3.8, 4) is 0 Å². The van der Waals surface area contributed by atoms with Crippen LogP contribution in [0.15, 0.2) is 12.7 Å². The lowest BCUT2D eigenvalue weighted by Crippen LogP contribution is -2.32. The Morgan fingerprint density at radius 2 is 1.75 bits per heavy atom. The Hall–Kier alpha value is -2.42. The normalized spacial score (nSPS) is 11.1. The van der Waals surface area contributed by atoms with Crippen molar-refractivity contribution < 1.29 is 38.1 Å². The van der Waals surface area contributed by atoms with Crippen LogP contribution in [0.2, 0.25) is 0 Å². The number of esters is 3. The van der Waals surface area contributed by atoms with Crippen molar-refractivity contribution in [2.45, 2.75) is 33.0 Å². The topological polar surface area (TPSA) is 117 Å². The van der Waals surface area contributed by atoms with Crippen molar-refractivity contribution in [1.82, 2.24) is 5.32 Å². The first kappa shape index (κ1) is 21.6. The third kappa shape index (κ3) is 12.2. The Labute approximate surface area is 140 Å². The standard InChI is InChI=1S/C15H23NO8/c1-4-13(18)22-8-9-23-14(19)7-6-12(17)16-10-15(20)24-11(3)21-5-2/h4,11H,1,5-10H2,2-3H3,(H,16,17). The molecule has 0 aromatic carbocycles. The summed E-state index contributed by atoms with van der Waals surface area (Å²) in [6.45, 7) is 6.41. The van der Waals surface area contributed by atoms with Gasteiger partial charge in [-0.1, -0.05) is 6.58 Å². The molecule has 1 unspecified atom stereocenters. The van der Waals surface area contributed by atoms with Crippen LogP contribution in [-0.4, -0.2) is 56.5 Å². The fraction of sp³-hybridized carbons (Fsp3) is 0.600. The van der Waals surface area contributed by atoms with Crippen LogP contribution in [0.4, 0.5) is 0 Å². The van der Waals surface area contributed by atoms with Gasteiger partial charge >= 0.3 is 17.9 Å². The number of carbonyl (C=O) groups is 4. The van der Waals surface area contributed by atoms with E-state index in [1.807, 2.05) is 0 Å². The minimum atomic E-state index is -0.690. The van der Waals surface area contributed by atoms with E-state index >= 15 is 0 Å². The predicted octanol–water partition coefficient (Wildman–Crippen LogP) is 0.0809. The van der Waals surface area contributed by atoms with Crippen molar-refractivity contribution in [2.24, 2.45) is 0 Å². The minimum absolute atomic E-state index is 0.0906. The highest BCUT2D eigenvalue weighted by Crippen LogP contribution is 1.95. The number of hydrogen-bond acceptors (Lipinski definition) is 8. The van der Waals surface area contributed by atoms with Gasteiger partial charge in [0.05, 0.1) is 6.42 Å². The average Bonchev–Trinajstić information content (AvgIpc) is 2.54. The van der Waals surface area contributed by atoms with Crippen LogP contribution in [0.25, 0.3) is 0 Å². The second-order valence-electron chi connectivity index (χ2n) is 4.38. The number of ether oxygens (including phenoxy) is 4. The number of hydrogen-bond donors (Lipinski definition) is 1. The second-order valence-corrected chi connectivity index (χ2v) is 4.38. The van der Waals surface area contributed by atoms with Gasteiger partial charge in [-0.3, -0.25) is 14.4 Å². The van der Waals surface area contributed by atoms with Gasteiger partial charge in [0.15, 0.2) is 6.29 Å². The summed E-state index contributed by atoms with van der Waals surface area (Å²) in [4.78, 5) is 44.9. The molecule has 0 spiro atoms. The first-order chi connectivity index (χ1) is 11.4. The van der Waals surface area contributed by atoms with Gasteiger partial charge in [-0.25, -0.2) is 4.79 Å². The fourth-order valence-corrected chi connectivity index (χ4v) is 1.40. The molecule has 0 bridgehead atoms. The monoisotopic (exact) mass is 345 g/mol. The Morgan fingerprint density at radius 1 is 1.08 bits per heavy atom. The maximum absolute atomic E-state index is 11.5. The first-order valence-electron chi connectivity index (χ1n) is 7.41. The molecule has 0 aliphatic carbocycles. The molecule has 0 heterocycles. The summed E-state index contributed by atoms with van der Waals surface area (Å²) >= 11 is 0. The summed E-state index contributed by atoms with van der Waals surface area (Å²) in [7, 11) is 0.